The lowest BCUT2D eigenvalue weighted by atomic mass is 10.2. The molecule has 15 heavy (non-hydrogen) atoms. The molecule has 0 amide bonds. The molecule has 1 heterocycles. The molecule has 0 aliphatic heterocycles. The fraction of sp³-hybridized carbons (Fsp3) is 0.727. The lowest BCUT2D eigenvalue weighted by molar-refractivity contribution is 0.506. The lowest BCUT2D eigenvalue weighted by Crippen LogP contribution is -2.28. The Hall–Kier alpha value is -1.03. The van der Waals surface area contributed by atoms with Crippen molar-refractivity contribution >= 4 is 6.01 Å². The number of anilines is 1. The Morgan fingerprint density at radius 3 is 2.93 bits per heavy atom. The number of oxazole rings is 1. The summed E-state index contributed by atoms with van der Waals surface area (Å²) in [5, 5.41) is 3.05. The van der Waals surface area contributed by atoms with E-state index in [-0.39, 0.29) is 0 Å². The van der Waals surface area contributed by atoms with Crippen LogP contribution in [-0.2, 0) is 6.54 Å². The zero-order chi connectivity index (χ0) is 11.3. The molecule has 0 aliphatic rings. The molecule has 0 aromatic carbocycles. The van der Waals surface area contributed by atoms with Gasteiger partial charge in [-0.1, -0.05) is 13.3 Å². The maximum Gasteiger partial charge on any atom is 0.297 e. The Balaban J connectivity index is 2.60. The van der Waals surface area contributed by atoms with E-state index >= 15 is 0 Å². The van der Waals surface area contributed by atoms with Gasteiger partial charge in [0.2, 0.25) is 0 Å². The summed E-state index contributed by atoms with van der Waals surface area (Å²) in [5.74, 6) is 0. The van der Waals surface area contributed by atoms with Gasteiger partial charge in [0.15, 0.2) is 0 Å². The average molecular weight is 211 g/mol. The van der Waals surface area contributed by atoms with Crippen LogP contribution < -0.4 is 10.2 Å². The van der Waals surface area contributed by atoms with E-state index in [2.05, 4.69) is 29.0 Å². The fourth-order valence-corrected chi connectivity index (χ4v) is 1.52. The highest BCUT2D eigenvalue weighted by atomic mass is 16.4. The average Bonchev–Trinajstić information content (AvgIpc) is 2.66. The number of nitrogens with one attached hydrogen (secondary N) is 1. The van der Waals surface area contributed by atoms with E-state index in [0.29, 0.717) is 12.1 Å². The van der Waals surface area contributed by atoms with E-state index in [0.717, 1.165) is 18.7 Å². The number of hydrogen-bond acceptors (Lipinski definition) is 4. The summed E-state index contributed by atoms with van der Waals surface area (Å²) in [6, 6.07) is 1.18. The van der Waals surface area contributed by atoms with Crippen molar-refractivity contribution in [2.75, 3.05) is 19.0 Å². The summed E-state index contributed by atoms with van der Waals surface area (Å²) in [7, 11) is 3.92. The lowest BCUT2D eigenvalue weighted by Gasteiger charge is -2.22. The molecule has 86 valence electrons. The molecule has 4 nitrogen and oxygen atoms in total. The van der Waals surface area contributed by atoms with Gasteiger partial charge in [-0.05, 0) is 20.4 Å². The molecule has 0 aliphatic carbocycles. The Morgan fingerprint density at radius 1 is 1.60 bits per heavy atom. The molecule has 1 aromatic rings. The van der Waals surface area contributed by atoms with Gasteiger partial charge in [-0.25, -0.2) is 0 Å². The fourth-order valence-electron chi connectivity index (χ4n) is 1.52. The van der Waals surface area contributed by atoms with Crippen LogP contribution in [-0.4, -0.2) is 25.1 Å². The van der Waals surface area contributed by atoms with E-state index in [1.54, 1.807) is 6.26 Å². The number of nitrogens with zero attached hydrogens (tertiary/aromatic N) is 2. The van der Waals surface area contributed by atoms with E-state index in [4.69, 9.17) is 4.42 Å². The van der Waals surface area contributed by atoms with Gasteiger partial charge in [0, 0.05) is 19.6 Å². The van der Waals surface area contributed by atoms with E-state index in [9.17, 15) is 0 Å². The SMILES string of the molecule is CCCC(C)N(C)c1nc(CNC)co1. The molecule has 1 aromatic heterocycles. The largest absolute Gasteiger partial charge is 0.432 e. The second kappa shape index (κ2) is 5.75. The number of rotatable bonds is 6. The van der Waals surface area contributed by atoms with Crippen molar-refractivity contribution < 1.29 is 4.42 Å². The Morgan fingerprint density at radius 2 is 2.33 bits per heavy atom. The van der Waals surface area contributed by atoms with Gasteiger partial charge in [-0.3, -0.25) is 0 Å². The summed E-state index contributed by atoms with van der Waals surface area (Å²) in [6.45, 7) is 5.12. The topological polar surface area (TPSA) is 41.3 Å². The molecule has 0 bridgehead atoms. The van der Waals surface area contributed by atoms with Crippen LogP contribution in [0.4, 0.5) is 6.01 Å². The Kier molecular flexibility index (Phi) is 4.62. The third kappa shape index (κ3) is 3.23. The zero-order valence-electron chi connectivity index (χ0n) is 10.1. The van der Waals surface area contributed by atoms with E-state index in [1.165, 1.54) is 6.42 Å². The van der Waals surface area contributed by atoms with Crippen molar-refractivity contribution in [3.8, 4) is 0 Å². The molecule has 1 unspecified atom stereocenters. The Bertz CT molecular complexity index is 285. The first-order valence-corrected chi connectivity index (χ1v) is 5.50. The normalized spacial score (nSPS) is 12.8. The van der Waals surface area contributed by atoms with Crippen LogP contribution >= 0.6 is 0 Å². The number of aromatic nitrogens is 1. The first kappa shape index (κ1) is 12.0. The second-order valence-electron chi connectivity index (χ2n) is 3.90. The summed E-state index contributed by atoms with van der Waals surface area (Å²) >= 11 is 0. The van der Waals surface area contributed by atoms with Crippen LogP contribution in [0.5, 0.6) is 0 Å². The molecular formula is C11H21N3O. The van der Waals surface area contributed by atoms with Crippen molar-refractivity contribution in [2.45, 2.75) is 39.3 Å². The summed E-state index contributed by atoms with van der Waals surface area (Å²) in [6.07, 6.45) is 4.04. The maximum absolute atomic E-state index is 5.42. The third-order valence-electron chi connectivity index (χ3n) is 2.57. The van der Waals surface area contributed by atoms with Crippen LogP contribution in [0.15, 0.2) is 10.7 Å². The van der Waals surface area contributed by atoms with E-state index in [1.807, 2.05) is 14.1 Å². The van der Waals surface area contributed by atoms with Crippen LogP contribution in [0.3, 0.4) is 0 Å². The molecule has 0 spiro atoms. The van der Waals surface area contributed by atoms with Crippen molar-refractivity contribution in [1.29, 1.82) is 0 Å². The van der Waals surface area contributed by atoms with Crippen molar-refractivity contribution in [1.82, 2.24) is 10.3 Å². The van der Waals surface area contributed by atoms with Gasteiger partial charge in [0.05, 0.1) is 5.69 Å². The van der Waals surface area contributed by atoms with Crippen LogP contribution in [0.1, 0.15) is 32.4 Å². The van der Waals surface area contributed by atoms with Gasteiger partial charge >= 0.3 is 0 Å². The summed E-state index contributed by atoms with van der Waals surface area (Å²) < 4.78 is 5.42. The molecule has 0 fully saturated rings. The van der Waals surface area contributed by atoms with Crippen molar-refractivity contribution in [3.05, 3.63) is 12.0 Å². The monoisotopic (exact) mass is 211 g/mol. The molecule has 1 atom stereocenters. The Labute approximate surface area is 91.7 Å². The highest BCUT2D eigenvalue weighted by Gasteiger charge is 2.14. The quantitative estimate of drug-likeness (QED) is 0.781. The minimum Gasteiger partial charge on any atom is -0.432 e. The number of hydrogen-bond donors (Lipinski definition) is 1. The molecule has 1 N–H and O–H groups in total. The maximum atomic E-state index is 5.42. The first-order valence-electron chi connectivity index (χ1n) is 5.50. The molecule has 0 saturated heterocycles. The van der Waals surface area contributed by atoms with Gasteiger partial charge in [-0.15, -0.1) is 0 Å². The van der Waals surface area contributed by atoms with Gasteiger partial charge in [-0.2, -0.15) is 4.98 Å². The smallest absolute Gasteiger partial charge is 0.297 e. The molecular weight excluding hydrogens is 190 g/mol. The predicted molar refractivity (Wildman–Crippen MR) is 62.0 cm³/mol. The van der Waals surface area contributed by atoms with Gasteiger partial charge < -0.3 is 14.6 Å². The summed E-state index contributed by atoms with van der Waals surface area (Å²) in [4.78, 5) is 6.49. The molecule has 1 rings (SSSR count). The van der Waals surface area contributed by atoms with Crippen LogP contribution in [0.25, 0.3) is 0 Å². The summed E-state index contributed by atoms with van der Waals surface area (Å²) in [5.41, 5.74) is 0.947. The highest BCUT2D eigenvalue weighted by Crippen LogP contribution is 2.16. The first-order chi connectivity index (χ1) is 7.19. The zero-order valence-corrected chi connectivity index (χ0v) is 10.1. The third-order valence-corrected chi connectivity index (χ3v) is 2.57. The van der Waals surface area contributed by atoms with Crippen LogP contribution in [0.2, 0.25) is 0 Å². The van der Waals surface area contributed by atoms with Gasteiger partial charge in [0.25, 0.3) is 6.01 Å². The van der Waals surface area contributed by atoms with Crippen molar-refractivity contribution in [3.63, 3.8) is 0 Å². The standard InChI is InChI=1S/C11H21N3O/c1-5-6-9(2)14(4)11-13-10(7-12-3)8-15-11/h8-9,12H,5-7H2,1-4H3. The second-order valence-corrected chi connectivity index (χ2v) is 3.90. The minimum absolute atomic E-state index is 0.469. The predicted octanol–water partition coefficient (Wildman–Crippen LogP) is 2.02. The van der Waals surface area contributed by atoms with Gasteiger partial charge in [0.1, 0.15) is 6.26 Å². The highest BCUT2D eigenvalue weighted by molar-refractivity contribution is 5.26. The van der Waals surface area contributed by atoms with E-state index < -0.39 is 0 Å². The van der Waals surface area contributed by atoms with Crippen LogP contribution in [0, 0.1) is 0 Å². The molecule has 4 heteroatoms. The molecule has 0 radical (unpaired) electrons. The minimum atomic E-state index is 0.469. The van der Waals surface area contributed by atoms with Crippen molar-refractivity contribution in [2.24, 2.45) is 0 Å². The molecule has 0 saturated carbocycles.